The Hall–Kier alpha value is -0.570. The average Bonchev–Trinajstić information content (AvgIpc) is 2.17. The topological polar surface area (TPSA) is 52.3 Å². The van der Waals surface area contributed by atoms with Crippen molar-refractivity contribution in [3.8, 4) is 0 Å². The summed E-state index contributed by atoms with van der Waals surface area (Å²) < 4.78 is 5.07. The van der Waals surface area contributed by atoms with E-state index in [-0.39, 0.29) is 5.97 Å². The van der Waals surface area contributed by atoms with Crippen molar-refractivity contribution < 1.29 is 9.53 Å². The molecule has 0 aliphatic carbocycles. The van der Waals surface area contributed by atoms with Crippen molar-refractivity contribution in [1.82, 2.24) is 0 Å². The molecule has 0 saturated carbocycles. The van der Waals surface area contributed by atoms with Gasteiger partial charge >= 0.3 is 5.97 Å². The molecule has 0 aromatic carbocycles. The van der Waals surface area contributed by atoms with Crippen molar-refractivity contribution >= 4 is 5.97 Å². The highest BCUT2D eigenvalue weighted by molar-refractivity contribution is 5.75. The van der Waals surface area contributed by atoms with Gasteiger partial charge in [0, 0.05) is 0 Å². The minimum atomic E-state index is -0.450. The molecule has 0 radical (unpaired) electrons. The number of esters is 1. The molecule has 1 atom stereocenters. The largest absolute Gasteiger partial charge is 0.464 e. The molecule has 0 amide bonds. The molecule has 78 valence electrons. The van der Waals surface area contributed by atoms with Crippen LogP contribution in [0.3, 0.4) is 0 Å². The van der Waals surface area contributed by atoms with Gasteiger partial charge in [-0.15, -0.1) is 0 Å². The van der Waals surface area contributed by atoms with Gasteiger partial charge in [0.2, 0.25) is 0 Å². The number of carbonyl (C=O) groups is 1. The Balaban J connectivity index is 3.68. The van der Waals surface area contributed by atoms with Crippen LogP contribution in [0.25, 0.3) is 0 Å². The SMILES string of the molecule is CCC(CC)COC(=O)C(N)CC. The van der Waals surface area contributed by atoms with Gasteiger partial charge in [-0.1, -0.05) is 33.6 Å². The van der Waals surface area contributed by atoms with E-state index in [0.29, 0.717) is 18.9 Å². The third kappa shape index (κ3) is 4.88. The lowest BCUT2D eigenvalue weighted by Crippen LogP contribution is -2.32. The Morgan fingerprint density at radius 1 is 1.23 bits per heavy atom. The van der Waals surface area contributed by atoms with Crippen LogP contribution < -0.4 is 5.73 Å². The van der Waals surface area contributed by atoms with Crippen LogP contribution in [-0.4, -0.2) is 18.6 Å². The summed E-state index contributed by atoms with van der Waals surface area (Å²) in [4.78, 5) is 11.2. The molecule has 3 heteroatoms. The molecule has 0 heterocycles. The molecule has 0 aromatic rings. The van der Waals surface area contributed by atoms with Gasteiger partial charge in [0.05, 0.1) is 6.61 Å². The van der Waals surface area contributed by atoms with E-state index in [0.717, 1.165) is 12.8 Å². The molecule has 0 aromatic heterocycles. The quantitative estimate of drug-likeness (QED) is 0.644. The van der Waals surface area contributed by atoms with Gasteiger partial charge in [0.25, 0.3) is 0 Å². The van der Waals surface area contributed by atoms with Gasteiger partial charge in [-0.25, -0.2) is 0 Å². The maximum absolute atomic E-state index is 11.2. The number of rotatable bonds is 6. The molecule has 0 aliphatic rings. The highest BCUT2D eigenvalue weighted by Gasteiger charge is 2.14. The summed E-state index contributed by atoms with van der Waals surface area (Å²) in [6, 6.07) is -0.450. The first-order valence-electron chi connectivity index (χ1n) is 5.07. The third-order valence-corrected chi connectivity index (χ3v) is 2.36. The monoisotopic (exact) mass is 187 g/mol. The zero-order valence-electron chi connectivity index (χ0n) is 8.88. The van der Waals surface area contributed by atoms with E-state index in [4.69, 9.17) is 10.5 Å². The van der Waals surface area contributed by atoms with Crippen LogP contribution in [-0.2, 0) is 9.53 Å². The third-order valence-electron chi connectivity index (χ3n) is 2.36. The molecule has 1 unspecified atom stereocenters. The first-order chi connectivity index (χ1) is 6.15. The molecule has 3 nitrogen and oxygen atoms in total. The standard InChI is InChI=1S/C10H21NO2/c1-4-8(5-2)7-13-10(12)9(11)6-3/h8-9H,4-7,11H2,1-3H3. The minimum absolute atomic E-state index is 0.269. The van der Waals surface area contributed by atoms with Crippen molar-refractivity contribution in [2.45, 2.75) is 46.1 Å². The first kappa shape index (κ1) is 12.4. The second-order valence-corrected chi connectivity index (χ2v) is 3.33. The molecule has 0 aliphatic heterocycles. The molecule has 0 rings (SSSR count). The molecular formula is C10H21NO2. The van der Waals surface area contributed by atoms with Crippen LogP contribution in [0.15, 0.2) is 0 Å². The van der Waals surface area contributed by atoms with Gasteiger partial charge in [-0.3, -0.25) is 4.79 Å². The highest BCUT2D eigenvalue weighted by Crippen LogP contribution is 2.08. The van der Waals surface area contributed by atoms with Crippen LogP contribution in [0.2, 0.25) is 0 Å². The number of hydrogen-bond donors (Lipinski definition) is 1. The fourth-order valence-corrected chi connectivity index (χ4v) is 0.998. The molecule has 13 heavy (non-hydrogen) atoms. The van der Waals surface area contributed by atoms with Crippen molar-refractivity contribution in [1.29, 1.82) is 0 Å². The lowest BCUT2D eigenvalue weighted by atomic mass is 10.1. The number of hydrogen-bond acceptors (Lipinski definition) is 3. The van der Waals surface area contributed by atoms with E-state index >= 15 is 0 Å². The van der Waals surface area contributed by atoms with E-state index in [2.05, 4.69) is 13.8 Å². The van der Waals surface area contributed by atoms with Gasteiger partial charge in [0.1, 0.15) is 6.04 Å². The summed E-state index contributed by atoms with van der Waals surface area (Å²) in [7, 11) is 0. The van der Waals surface area contributed by atoms with Gasteiger partial charge < -0.3 is 10.5 Å². The Kier molecular flexibility index (Phi) is 6.59. The summed E-state index contributed by atoms with van der Waals surface area (Å²) >= 11 is 0. The molecule has 0 spiro atoms. The predicted molar refractivity (Wildman–Crippen MR) is 53.3 cm³/mol. The van der Waals surface area contributed by atoms with Crippen LogP contribution >= 0.6 is 0 Å². The van der Waals surface area contributed by atoms with E-state index in [1.165, 1.54) is 0 Å². The normalized spacial score (nSPS) is 13.0. The second-order valence-electron chi connectivity index (χ2n) is 3.33. The number of ether oxygens (including phenoxy) is 1. The lowest BCUT2D eigenvalue weighted by molar-refractivity contribution is -0.146. The Morgan fingerprint density at radius 2 is 1.77 bits per heavy atom. The smallest absolute Gasteiger partial charge is 0.322 e. The van der Waals surface area contributed by atoms with Crippen LogP contribution in [0, 0.1) is 5.92 Å². The Labute approximate surface area is 80.6 Å². The summed E-state index contributed by atoms with van der Waals surface area (Å²) in [5.74, 6) is 0.211. The van der Waals surface area contributed by atoms with Crippen LogP contribution in [0.1, 0.15) is 40.0 Å². The van der Waals surface area contributed by atoms with Crippen LogP contribution in [0.5, 0.6) is 0 Å². The van der Waals surface area contributed by atoms with Gasteiger partial charge in [-0.2, -0.15) is 0 Å². The van der Waals surface area contributed by atoms with Crippen molar-refractivity contribution in [3.05, 3.63) is 0 Å². The van der Waals surface area contributed by atoms with E-state index in [9.17, 15) is 4.79 Å². The van der Waals surface area contributed by atoms with E-state index in [1.807, 2.05) is 6.92 Å². The number of nitrogens with two attached hydrogens (primary N) is 1. The second kappa shape index (κ2) is 6.89. The summed E-state index contributed by atoms with van der Waals surface area (Å²) in [5, 5.41) is 0. The fourth-order valence-electron chi connectivity index (χ4n) is 0.998. The highest BCUT2D eigenvalue weighted by atomic mass is 16.5. The van der Waals surface area contributed by atoms with Crippen molar-refractivity contribution in [2.75, 3.05) is 6.61 Å². The van der Waals surface area contributed by atoms with Gasteiger partial charge in [-0.05, 0) is 12.3 Å². The van der Waals surface area contributed by atoms with Crippen molar-refractivity contribution in [3.63, 3.8) is 0 Å². The summed E-state index contributed by atoms with van der Waals surface area (Å²) in [6.07, 6.45) is 2.73. The average molecular weight is 187 g/mol. The number of carbonyl (C=O) groups excluding carboxylic acids is 1. The summed E-state index contributed by atoms with van der Waals surface area (Å²) in [6.45, 7) is 6.59. The van der Waals surface area contributed by atoms with Crippen molar-refractivity contribution in [2.24, 2.45) is 11.7 Å². The fraction of sp³-hybridized carbons (Fsp3) is 0.900. The first-order valence-corrected chi connectivity index (χ1v) is 5.07. The van der Waals surface area contributed by atoms with Crippen LogP contribution in [0.4, 0.5) is 0 Å². The van der Waals surface area contributed by atoms with Gasteiger partial charge in [0.15, 0.2) is 0 Å². The molecule has 0 saturated heterocycles. The zero-order valence-corrected chi connectivity index (χ0v) is 8.88. The molecule has 2 N–H and O–H groups in total. The Morgan fingerprint density at radius 3 is 2.15 bits per heavy atom. The molecule has 0 bridgehead atoms. The zero-order chi connectivity index (χ0) is 10.3. The maximum atomic E-state index is 11.2. The summed E-state index contributed by atoms with van der Waals surface area (Å²) in [5.41, 5.74) is 5.51. The van der Waals surface area contributed by atoms with E-state index < -0.39 is 6.04 Å². The lowest BCUT2D eigenvalue weighted by Gasteiger charge is -2.14. The molecule has 0 fully saturated rings. The predicted octanol–water partition coefficient (Wildman–Crippen LogP) is 1.70. The van der Waals surface area contributed by atoms with E-state index in [1.54, 1.807) is 0 Å². The minimum Gasteiger partial charge on any atom is -0.464 e. The maximum Gasteiger partial charge on any atom is 0.322 e. The molecular weight excluding hydrogens is 166 g/mol. The Bertz CT molecular complexity index is 144.